The maximum absolute atomic E-state index is 9.57. The van der Waals surface area contributed by atoms with Crippen LogP contribution >= 0.6 is 17.0 Å². The maximum Gasteiger partial charge on any atom is 0.161 e. The summed E-state index contributed by atoms with van der Waals surface area (Å²) < 4.78 is 7.05. The van der Waals surface area contributed by atoms with E-state index in [2.05, 4.69) is 4.98 Å². The van der Waals surface area contributed by atoms with Crippen molar-refractivity contribution in [1.29, 1.82) is 0 Å². The SMILES string of the molecule is Br.COc1cc(-c2cn3ccccc3n2)ccc1O. The molecule has 3 aromatic rings. The van der Waals surface area contributed by atoms with Gasteiger partial charge in [0.25, 0.3) is 0 Å². The van der Waals surface area contributed by atoms with E-state index in [0.717, 1.165) is 16.9 Å². The average molecular weight is 321 g/mol. The Morgan fingerprint density at radius 1 is 1.21 bits per heavy atom. The third kappa shape index (κ3) is 2.42. The van der Waals surface area contributed by atoms with Gasteiger partial charge in [-0.25, -0.2) is 4.98 Å². The summed E-state index contributed by atoms with van der Waals surface area (Å²) in [5.41, 5.74) is 2.65. The molecule has 0 aliphatic rings. The molecule has 0 fully saturated rings. The van der Waals surface area contributed by atoms with Crippen LogP contribution in [0.15, 0.2) is 48.8 Å². The topological polar surface area (TPSA) is 46.8 Å². The number of hydrogen-bond acceptors (Lipinski definition) is 3. The summed E-state index contributed by atoms with van der Waals surface area (Å²) >= 11 is 0. The number of aromatic hydroxyl groups is 1. The molecule has 2 aromatic heterocycles. The molecule has 2 heterocycles. The Bertz CT molecular complexity index is 676. The number of phenolic OH excluding ortho intramolecular Hbond substituents is 1. The second kappa shape index (κ2) is 5.32. The van der Waals surface area contributed by atoms with Crippen molar-refractivity contribution in [1.82, 2.24) is 9.38 Å². The van der Waals surface area contributed by atoms with Crippen LogP contribution in [0.25, 0.3) is 16.9 Å². The van der Waals surface area contributed by atoms with Crippen LogP contribution in [0.3, 0.4) is 0 Å². The van der Waals surface area contributed by atoms with Gasteiger partial charge in [-0.1, -0.05) is 6.07 Å². The third-order valence-corrected chi connectivity index (χ3v) is 2.84. The second-order valence-corrected chi connectivity index (χ2v) is 3.98. The molecular weight excluding hydrogens is 308 g/mol. The molecule has 0 aliphatic heterocycles. The van der Waals surface area contributed by atoms with E-state index in [9.17, 15) is 5.11 Å². The van der Waals surface area contributed by atoms with Crippen molar-refractivity contribution in [3.8, 4) is 22.8 Å². The number of aromatic nitrogens is 2. The number of ether oxygens (including phenoxy) is 1. The lowest BCUT2D eigenvalue weighted by atomic mass is 10.1. The highest BCUT2D eigenvalue weighted by atomic mass is 79.9. The Hall–Kier alpha value is -2.01. The van der Waals surface area contributed by atoms with Crippen molar-refractivity contribution in [3.05, 3.63) is 48.8 Å². The Labute approximate surface area is 121 Å². The summed E-state index contributed by atoms with van der Waals surface area (Å²) in [4.78, 5) is 4.51. The van der Waals surface area contributed by atoms with Gasteiger partial charge in [0.2, 0.25) is 0 Å². The second-order valence-electron chi connectivity index (χ2n) is 3.98. The lowest BCUT2D eigenvalue weighted by Crippen LogP contribution is -1.85. The molecule has 5 heteroatoms. The summed E-state index contributed by atoms with van der Waals surface area (Å²) in [5.74, 6) is 0.578. The molecule has 0 atom stereocenters. The molecule has 0 amide bonds. The monoisotopic (exact) mass is 320 g/mol. The van der Waals surface area contributed by atoms with E-state index >= 15 is 0 Å². The van der Waals surface area contributed by atoms with Crippen LogP contribution in [0.1, 0.15) is 0 Å². The van der Waals surface area contributed by atoms with Crippen molar-refractivity contribution in [2.45, 2.75) is 0 Å². The maximum atomic E-state index is 9.57. The van der Waals surface area contributed by atoms with Crippen molar-refractivity contribution >= 4 is 22.6 Å². The van der Waals surface area contributed by atoms with E-state index in [0.29, 0.717) is 5.75 Å². The fourth-order valence-corrected chi connectivity index (χ4v) is 1.91. The molecule has 98 valence electrons. The van der Waals surface area contributed by atoms with Gasteiger partial charge in [-0.15, -0.1) is 17.0 Å². The average Bonchev–Trinajstić information content (AvgIpc) is 2.83. The summed E-state index contributed by atoms with van der Waals surface area (Å²) in [6, 6.07) is 11.1. The van der Waals surface area contributed by atoms with Gasteiger partial charge in [-0.3, -0.25) is 0 Å². The first-order valence-electron chi connectivity index (χ1n) is 5.59. The number of hydrogen-bond donors (Lipinski definition) is 1. The number of phenols is 1. The first-order valence-corrected chi connectivity index (χ1v) is 5.59. The highest BCUT2D eigenvalue weighted by Gasteiger charge is 2.07. The highest BCUT2D eigenvalue weighted by Crippen LogP contribution is 2.30. The van der Waals surface area contributed by atoms with Gasteiger partial charge in [0.05, 0.1) is 12.8 Å². The normalized spacial score (nSPS) is 10.2. The molecule has 0 aliphatic carbocycles. The van der Waals surface area contributed by atoms with Crippen molar-refractivity contribution in [2.24, 2.45) is 0 Å². The Morgan fingerprint density at radius 2 is 2.05 bits per heavy atom. The lowest BCUT2D eigenvalue weighted by molar-refractivity contribution is 0.373. The number of halogens is 1. The fraction of sp³-hybridized carbons (Fsp3) is 0.0714. The van der Waals surface area contributed by atoms with Gasteiger partial charge in [-0.05, 0) is 30.3 Å². The quantitative estimate of drug-likeness (QED) is 0.788. The summed E-state index contributed by atoms with van der Waals surface area (Å²) in [5, 5.41) is 9.57. The molecular formula is C14H13BrN2O2. The van der Waals surface area contributed by atoms with Crippen LogP contribution in [0.2, 0.25) is 0 Å². The zero-order valence-electron chi connectivity index (χ0n) is 10.3. The molecule has 19 heavy (non-hydrogen) atoms. The van der Waals surface area contributed by atoms with Gasteiger partial charge in [0, 0.05) is 18.0 Å². The first kappa shape index (κ1) is 13.4. The van der Waals surface area contributed by atoms with Gasteiger partial charge in [-0.2, -0.15) is 0 Å². The number of fused-ring (bicyclic) bond motifs is 1. The molecule has 0 radical (unpaired) electrons. The van der Waals surface area contributed by atoms with Crippen LogP contribution in [-0.4, -0.2) is 21.6 Å². The van der Waals surface area contributed by atoms with Crippen LogP contribution in [0.5, 0.6) is 11.5 Å². The molecule has 0 saturated carbocycles. The van der Waals surface area contributed by atoms with Crippen LogP contribution < -0.4 is 4.74 Å². The van der Waals surface area contributed by atoms with E-state index in [1.165, 1.54) is 7.11 Å². The predicted octanol–water partition coefficient (Wildman–Crippen LogP) is 3.29. The molecule has 0 unspecified atom stereocenters. The molecule has 1 N–H and O–H groups in total. The smallest absolute Gasteiger partial charge is 0.161 e. The van der Waals surface area contributed by atoms with E-state index in [1.807, 2.05) is 41.1 Å². The summed E-state index contributed by atoms with van der Waals surface area (Å²) in [6.07, 6.45) is 3.89. The van der Waals surface area contributed by atoms with Gasteiger partial charge >= 0.3 is 0 Å². The molecule has 0 bridgehead atoms. The van der Waals surface area contributed by atoms with Gasteiger partial charge in [0.1, 0.15) is 5.65 Å². The molecule has 0 spiro atoms. The molecule has 1 aromatic carbocycles. The molecule has 3 rings (SSSR count). The first-order chi connectivity index (χ1) is 8.78. The largest absolute Gasteiger partial charge is 0.504 e. The fourth-order valence-electron chi connectivity index (χ4n) is 1.91. The minimum Gasteiger partial charge on any atom is -0.504 e. The van der Waals surface area contributed by atoms with E-state index in [4.69, 9.17) is 4.74 Å². The third-order valence-electron chi connectivity index (χ3n) is 2.84. The molecule has 0 saturated heterocycles. The van der Waals surface area contributed by atoms with E-state index < -0.39 is 0 Å². The van der Waals surface area contributed by atoms with Crippen molar-refractivity contribution in [2.75, 3.05) is 7.11 Å². The van der Waals surface area contributed by atoms with E-state index in [1.54, 1.807) is 12.1 Å². The minimum atomic E-state index is 0. The Kier molecular flexibility index (Phi) is 3.76. The van der Waals surface area contributed by atoms with Gasteiger partial charge < -0.3 is 14.2 Å². The number of imidazole rings is 1. The molecule has 4 nitrogen and oxygen atoms in total. The van der Waals surface area contributed by atoms with Crippen LogP contribution in [0, 0.1) is 0 Å². The lowest BCUT2D eigenvalue weighted by Gasteiger charge is -2.04. The van der Waals surface area contributed by atoms with Crippen molar-refractivity contribution in [3.63, 3.8) is 0 Å². The van der Waals surface area contributed by atoms with E-state index in [-0.39, 0.29) is 22.7 Å². The zero-order valence-corrected chi connectivity index (χ0v) is 12.0. The van der Waals surface area contributed by atoms with Gasteiger partial charge in [0.15, 0.2) is 11.5 Å². The number of benzene rings is 1. The number of pyridine rings is 1. The summed E-state index contributed by atoms with van der Waals surface area (Å²) in [7, 11) is 1.53. The van der Waals surface area contributed by atoms with Crippen molar-refractivity contribution < 1.29 is 9.84 Å². The number of nitrogens with zero attached hydrogens (tertiary/aromatic N) is 2. The Balaban J connectivity index is 0.00000133. The minimum absolute atomic E-state index is 0. The zero-order chi connectivity index (χ0) is 12.5. The number of rotatable bonds is 2. The highest BCUT2D eigenvalue weighted by molar-refractivity contribution is 8.93. The van der Waals surface area contributed by atoms with Crippen LogP contribution in [0.4, 0.5) is 0 Å². The summed E-state index contributed by atoms with van der Waals surface area (Å²) in [6.45, 7) is 0. The number of methoxy groups -OCH3 is 1. The standard InChI is InChI=1S/C14H12N2O2.BrH/c1-18-13-8-10(5-6-12(13)17)11-9-16-7-3-2-4-14(16)15-11;/h2-9,17H,1H3;1H. The van der Waals surface area contributed by atoms with Crippen LogP contribution in [-0.2, 0) is 0 Å². The Morgan fingerprint density at radius 3 is 2.79 bits per heavy atom. The predicted molar refractivity (Wildman–Crippen MR) is 79.2 cm³/mol.